The Balaban J connectivity index is 1.67. The van der Waals surface area contributed by atoms with Gasteiger partial charge in [-0.05, 0) is 35.9 Å². The minimum absolute atomic E-state index is 0.327. The fourth-order valence-corrected chi connectivity index (χ4v) is 2.96. The number of hydrogen-bond acceptors (Lipinski definition) is 5. The maximum atomic E-state index is 6.18. The van der Waals surface area contributed by atoms with E-state index in [4.69, 9.17) is 37.4 Å². The molecule has 1 heterocycles. The lowest BCUT2D eigenvalue weighted by atomic mass is 10.2. The fraction of sp³-hybridized carbons (Fsp3) is 0.316. The molecule has 1 aliphatic rings. The van der Waals surface area contributed by atoms with Gasteiger partial charge in [-0.2, -0.15) is 5.10 Å². The Morgan fingerprint density at radius 2 is 1.92 bits per heavy atom. The molecule has 26 heavy (non-hydrogen) atoms. The molecule has 1 aliphatic heterocycles. The van der Waals surface area contributed by atoms with Gasteiger partial charge in [-0.3, -0.25) is 5.01 Å². The summed E-state index contributed by atoms with van der Waals surface area (Å²) in [5, 5.41) is 7.64. The van der Waals surface area contributed by atoms with Crippen LogP contribution in [0.5, 0.6) is 11.5 Å². The molecule has 1 fully saturated rings. The molecular formula is C19H20Cl2N2O3. The molecule has 3 rings (SSSR count). The first-order valence-corrected chi connectivity index (χ1v) is 9.03. The Kier molecular flexibility index (Phi) is 6.61. The zero-order valence-corrected chi connectivity index (χ0v) is 16.0. The van der Waals surface area contributed by atoms with E-state index in [1.165, 1.54) is 0 Å². The van der Waals surface area contributed by atoms with Gasteiger partial charge >= 0.3 is 0 Å². The quantitative estimate of drug-likeness (QED) is 0.686. The first-order chi connectivity index (χ1) is 12.7. The summed E-state index contributed by atoms with van der Waals surface area (Å²) in [4.78, 5) is 0. The van der Waals surface area contributed by atoms with Gasteiger partial charge in [0.2, 0.25) is 0 Å². The summed E-state index contributed by atoms with van der Waals surface area (Å²) in [6, 6.07) is 11.0. The molecule has 1 saturated heterocycles. The van der Waals surface area contributed by atoms with Crippen molar-refractivity contribution in [3.63, 3.8) is 0 Å². The van der Waals surface area contributed by atoms with Crippen LogP contribution in [0.4, 0.5) is 0 Å². The summed E-state index contributed by atoms with van der Waals surface area (Å²) in [5.74, 6) is 1.28. The van der Waals surface area contributed by atoms with Gasteiger partial charge in [0.1, 0.15) is 6.61 Å². The van der Waals surface area contributed by atoms with Gasteiger partial charge in [-0.15, -0.1) is 0 Å². The van der Waals surface area contributed by atoms with Crippen LogP contribution in [0.2, 0.25) is 10.0 Å². The highest BCUT2D eigenvalue weighted by Crippen LogP contribution is 2.29. The van der Waals surface area contributed by atoms with Crippen molar-refractivity contribution >= 4 is 29.4 Å². The first-order valence-electron chi connectivity index (χ1n) is 8.27. The van der Waals surface area contributed by atoms with E-state index in [-0.39, 0.29) is 0 Å². The highest BCUT2D eigenvalue weighted by atomic mass is 35.5. The lowest BCUT2D eigenvalue weighted by Crippen LogP contribution is -2.32. The van der Waals surface area contributed by atoms with E-state index in [2.05, 4.69) is 5.10 Å². The van der Waals surface area contributed by atoms with Gasteiger partial charge in [0.25, 0.3) is 0 Å². The number of halogens is 2. The predicted molar refractivity (Wildman–Crippen MR) is 104 cm³/mol. The number of nitrogens with zero attached hydrogens (tertiary/aromatic N) is 2. The van der Waals surface area contributed by atoms with Crippen LogP contribution in [0.3, 0.4) is 0 Å². The first kappa shape index (κ1) is 18.8. The largest absolute Gasteiger partial charge is 0.493 e. The van der Waals surface area contributed by atoms with Crippen LogP contribution in [-0.2, 0) is 11.3 Å². The zero-order chi connectivity index (χ0) is 18.4. The van der Waals surface area contributed by atoms with Crippen molar-refractivity contribution in [3.8, 4) is 11.5 Å². The summed E-state index contributed by atoms with van der Waals surface area (Å²) in [5.41, 5.74) is 1.79. The Morgan fingerprint density at radius 3 is 2.65 bits per heavy atom. The summed E-state index contributed by atoms with van der Waals surface area (Å²) in [6.07, 6.45) is 1.81. The van der Waals surface area contributed by atoms with Crippen LogP contribution in [0, 0.1) is 0 Å². The van der Waals surface area contributed by atoms with Crippen molar-refractivity contribution in [1.82, 2.24) is 5.01 Å². The molecule has 0 spiro atoms. The van der Waals surface area contributed by atoms with Gasteiger partial charge in [-0.25, -0.2) is 0 Å². The van der Waals surface area contributed by atoms with Crippen LogP contribution in [0.1, 0.15) is 11.1 Å². The molecule has 0 radical (unpaired) electrons. The van der Waals surface area contributed by atoms with E-state index in [1.807, 2.05) is 35.5 Å². The van der Waals surface area contributed by atoms with Gasteiger partial charge in [-0.1, -0.05) is 29.3 Å². The standard InChI is InChI=1S/C19H20Cl2N2O3/c1-24-19-10-14(12-22-23-6-8-25-9-7-23)2-5-18(19)26-13-15-3-4-16(20)11-17(15)21/h2-5,10-12H,6-9,13H2,1H3/b22-12+. The van der Waals surface area contributed by atoms with E-state index >= 15 is 0 Å². The molecule has 0 amide bonds. The second-order valence-electron chi connectivity index (χ2n) is 5.75. The molecule has 0 aliphatic carbocycles. The van der Waals surface area contributed by atoms with Crippen molar-refractivity contribution in [2.24, 2.45) is 5.10 Å². The van der Waals surface area contributed by atoms with E-state index in [0.29, 0.717) is 41.4 Å². The van der Waals surface area contributed by atoms with Crippen molar-refractivity contribution in [2.75, 3.05) is 33.4 Å². The van der Waals surface area contributed by atoms with Gasteiger partial charge < -0.3 is 14.2 Å². The number of hydrogen-bond donors (Lipinski definition) is 0. The van der Waals surface area contributed by atoms with Gasteiger partial charge in [0.15, 0.2) is 11.5 Å². The Bertz CT molecular complexity index is 777. The van der Waals surface area contributed by atoms with Crippen molar-refractivity contribution in [3.05, 3.63) is 57.6 Å². The summed E-state index contributed by atoms with van der Waals surface area (Å²) >= 11 is 12.1. The number of hydrazone groups is 1. The molecule has 0 atom stereocenters. The van der Waals surface area contributed by atoms with Crippen LogP contribution in [-0.4, -0.2) is 44.6 Å². The second-order valence-corrected chi connectivity index (χ2v) is 6.59. The molecule has 7 heteroatoms. The topological polar surface area (TPSA) is 43.3 Å². The highest BCUT2D eigenvalue weighted by Gasteiger charge is 2.09. The fourth-order valence-electron chi connectivity index (χ4n) is 2.50. The maximum Gasteiger partial charge on any atom is 0.161 e. The average Bonchev–Trinajstić information content (AvgIpc) is 2.67. The van der Waals surface area contributed by atoms with E-state index < -0.39 is 0 Å². The van der Waals surface area contributed by atoms with Gasteiger partial charge in [0, 0.05) is 15.6 Å². The van der Waals surface area contributed by atoms with Crippen LogP contribution < -0.4 is 9.47 Å². The molecule has 0 saturated carbocycles. The van der Waals surface area contributed by atoms with E-state index in [9.17, 15) is 0 Å². The maximum absolute atomic E-state index is 6.18. The van der Waals surface area contributed by atoms with Crippen LogP contribution in [0.15, 0.2) is 41.5 Å². The number of ether oxygens (including phenoxy) is 3. The minimum Gasteiger partial charge on any atom is -0.493 e. The molecule has 5 nitrogen and oxygen atoms in total. The Labute approximate surface area is 163 Å². The lowest BCUT2D eigenvalue weighted by molar-refractivity contribution is 0.0397. The third kappa shape index (κ3) is 5.04. The predicted octanol–water partition coefficient (Wildman–Crippen LogP) is 4.25. The molecule has 138 valence electrons. The minimum atomic E-state index is 0.327. The van der Waals surface area contributed by atoms with Crippen molar-refractivity contribution in [2.45, 2.75) is 6.61 Å². The molecule has 0 unspecified atom stereocenters. The van der Waals surface area contributed by atoms with Crippen LogP contribution in [0.25, 0.3) is 0 Å². The smallest absolute Gasteiger partial charge is 0.161 e. The third-order valence-corrected chi connectivity index (χ3v) is 4.53. The number of methoxy groups -OCH3 is 1. The summed E-state index contributed by atoms with van der Waals surface area (Å²) in [6.45, 7) is 3.35. The normalized spacial score (nSPS) is 14.7. The Hall–Kier alpha value is -1.95. The molecule has 0 aromatic heterocycles. The second kappa shape index (κ2) is 9.12. The zero-order valence-electron chi connectivity index (χ0n) is 14.5. The number of morpholine rings is 1. The molecule has 2 aromatic carbocycles. The SMILES string of the molecule is COc1cc(/C=N/N2CCOCC2)ccc1OCc1ccc(Cl)cc1Cl. The van der Waals surface area contributed by atoms with E-state index in [0.717, 1.165) is 24.2 Å². The molecule has 2 aromatic rings. The number of benzene rings is 2. The van der Waals surface area contributed by atoms with Gasteiger partial charge in [0.05, 0.1) is 39.6 Å². The molecule has 0 bridgehead atoms. The highest BCUT2D eigenvalue weighted by molar-refractivity contribution is 6.35. The van der Waals surface area contributed by atoms with E-state index in [1.54, 1.807) is 19.2 Å². The third-order valence-electron chi connectivity index (χ3n) is 3.94. The average molecular weight is 395 g/mol. The summed E-state index contributed by atoms with van der Waals surface area (Å²) < 4.78 is 16.6. The van der Waals surface area contributed by atoms with Crippen LogP contribution >= 0.6 is 23.2 Å². The number of rotatable bonds is 6. The van der Waals surface area contributed by atoms with Crippen molar-refractivity contribution < 1.29 is 14.2 Å². The Morgan fingerprint density at radius 1 is 1.12 bits per heavy atom. The van der Waals surface area contributed by atoms with Crippen molar-refractivity contribution in [1.29, 1.82) is 0 Å². The molecule has 0 N–H and O–H groups in total. The monoisotopic (exact) mass is 394 g/mol. The summed E-state index contributed by atoms with van der Waals surface area (Å²) in [7, 11) is 1.61. The lowest BCUT2D eigenvalue weighted by Gasteiger charge is -2.23. The molecular weight excluding hydrogens is 375 g/mol.